The molecular formula is C31H30Cl4N4O8S6. The summed E-state index contributed by atoms with van der Waals surface area (Å²) in [5.74, 6) is -0.512. The first kappa shape index (κ1) is 43.0. The molecule has 3 aromatic carbocycles. The van der Waals surface area contributed by atoms with Crippen molar-refractivity contribution in [1.29, 1.82) is 0 Å². The number of thiophene rings is 2. The topological polar surface area (TPSA) is 185 Å². The molecule has 2 heterocycles. The SMILES string of the molecule is CC(C)CS(=O)(=O)Nc1cc(Cl)c(Cl)cc1NS(=O)(=O)c1cccs1.O=S(=O)(Cc1ccccc1)Nc1cc(Cl)c(Cl)cc1NS(=O)(=O)c1cccs1. The average Bonchev–Trinajstić information content (AvgIpc) is 3.78. The molecular weight excluding hydrogens is 891 g/mol. The number of hydrogen-bond donors (Lipinski definition) is 4. The number of anilines is 4. The minimum atomic E-state index is -3.90. The summed E-state index contributed by atoms with van der Waals surface area (Å²) in [7, 11) is -15.3. The Balaban J connectivity index is 0.000000238. The molecule has 4 N–H and O–H groups in total. The lowest BCUT2D eigenvalue weighted by atomic mass is 10.2. The van der Waals surface area contributed by atoms with Gasteiger partial charge >= 0.3 is 0 Å². The van der Waals surface area contributed by atoms with Crippen LogP contribution in [0, 0.1) is 5.92 Å². The maximum Gasteiger partial charge on any atom is 0.271 e. The Kier molecular flexibility index (Phi) is 14.4. The van der Waals surface area contributed by atoms with Gasteiger partial charge in [-0.15, -0.1) is 22.7 Å². The second kappa shape index (κ2) is 17.8. The van der Waals surface area contributed by atoms with Gasteiger partial charge in [-0.05, 0) is 58.6 Å². The van der Waals surface area contributed by atoms with Crippen LogP contribution in [0.2, 0.25) is 20.1 Å². The highest BCUT2D eigenvalue weighted by atomic mass is 35.5. The maximum atomic E-state index is 12.5. The summed E-state index contributed by atoms with van der Waals surface area (Å²) >= 11 is 26.0. The summed E-state index contributed by atoms with van der Waals surface area (Å²) in [6.07, 6.45) is 0. The molecule has 53 heavy (non-hydrogen) atoms. The van der Waals surface area contributed by atoms with Crippen LogP contribution in [0.4, 0.5) is 22.7 Å². The fraction of sp³-hybridized carbons (Fsp3) is 0.161. The van der Waals surface area contributed by atoms with Crippen LogP contribution in [-0.4, -0.2) is 39.4 Å². The van der Waals surface area contributed by atoms with E-state index in [4.69, 9.17) is 46.4 Å². The lowest BCUT2D eigenvalue weighted by molar-refractivity contribution is 0.587. The van der Waals surface area contributed by atoms with Crippen molar-refractivity contribution in [2.75, 3.05) is 24.6 Å². The van der Waals surface area contributed by atoms with Crippen molar-refractivity contribution in [1.82, 2.24) is 0 Å². The third-order valence-electron chi connectivity index (χ3n) is 6.41. The van der Waals surface area contributed by atoms with Gasteiger partial charge in [-0.2, -0.15) is 0 Å². The molecule has 12 nitrogen and oxygen atoms in total. The van der Waals surface area contributed by atoms with Gasteiger partial charge in [0, 0.05) is 0 Å². The van der Waals surface area contributed by atoms with Gasteiger partial charge < -0.3 is 0 Å². The van der Waals surface area contributed by atoms with E-state index in [9.17, 15) is 33.7 Å². The Morgan fingerprint density at radius 2 is 0.906 bits per heavy atom. The van der Waals surface area contributed by atoms with Crippen molar-refractivity contribution in [2.24, 2.45) is 5.92 Å². The molecule has 0 saturated heterocycles. The molecule has 0 aliphatic rings. The minimum Gasteiger partial charge on any atom is -0.281 e. The fourth-order valence-electron chi connectivity index (χ4n) is 4.30. The van der Waals surface area contributed by atoms with Gasteiger partial charge in [0.05, 0.1) is 54.3 Å². The van der Waals surface area contributed by atoms with Crippen molar-refractivity contribution in [2.45, 2.75) is 28.0 Å². The lowest BCUT2D eigenvalue weighted by Gasteiger charge is -2.16. The molecule has 0 aliphatic heterocycles. The normalized spacial score (nSPS) is 12.1. The molecule has 0 spiro atoms. The number of sulfonamides is 4. The minimum absolute atomic E-state index is 0.00451. The van der Waals surface area contributed by atoms with Gasteiger partial charge in [-0.3, -0.25) is 18.9 Å². The highest BCUT2D eigenvalue weighted by Gasteiger charge is 2.23. The zero-order chi connectivity index (χ0) is 39.2. The van der Waals surface area contributed by atoms with E-state index in [0.717, 1.165) is 22.7 Å². The van der Waals surface area contributed by atoms with E-state index in [1.807, 2.05) is 0 Å². The molecule has 22 heteroatoms. The summed E-state index contributed by atoms with van der Waals surface area (Å²) in [6, 6.07) is 19.7. The Labute approximate surface area is 336 Å². The summed E-state index contributed by atoms with van der Waals surface area (Å²) in [6.45, 7) is 3.52. The van der Waals surface area contributed by atoms with Gasteiger partial charge in [0.15, 0.2) is 0 Å². The molecule has 0 amide bonds. The average molecular weight is 921 g/mol. The Morgan fingerprint density at radius 1 is 0.528 bits per heavy atom. The predicted octanol–water partition coefficient (Wildman–Crippen LogP) is 9.05. The molecule has 2 aromatic heterocycles. The number of benzene rings is 3. The molecule has 0 radical (unpaired) electrons. The molecule has 0 atom stereocenters. The molecule has 5 aromatic rings. The van der Waals surface area contributed by atoms with Crippen molar-refractivity contribution < 1.29 is 33.7 Å². The smallest absolute Gasteiger partial charge is 0.271 e. The molecule has 0 aliphatic carbocycles. The third-order valence-corrected chi connectivity index (χ3v) is 16.3. The van der Waals surface area contributed by atoms with E-state index in [1.165, 1.54) is 36.4 Å². The summed E-state index contributed by atoms with van der Waals surface area (Å²) in [5.41, 5.74) is 0.533. The van der Waals surface area contributed by atoms with Crippen LogP contribution in [0.3, 0.4) is 0 Å². The molecule has 0 saturated carbocycles. The Hall–Kier alpha value is -2.78. The summed E-state index contributed by atoms with van der Waals surface area (Å²) < 4.78 is 109. The monoisotopic (exact) mass is 918 g/mol. The first-order valence-corrected chi connectivity index (χ1v) is 24.4. The Bertz CT molecular complexity index is 2490. The highest BCUT2D eigenvalue weighted by Crippen LogP contribution is 2.36. The predicted molar refractivity (Wildman–Crippen MR) is 218 cm³/mol. The second-order valence-electron chi connectivity index (χ2n) is 11.3. The fourth-order valence-corrected chi connectivity index (χ4v) is 11.8. The number of nitrogens with one attached hydrogen (secondary N) is 4. The van der Waals surface area contributed by atoms with E-state index >= 15 is 0 Å². The van der Waals surface area contributed by atoms with Crippen molar-refractivity contribution in [3.63, 3.8) is 0 Å². The van der Waals surface area contributed by atoms with Crippen molar-refractivity contribution in [3.8, 4) is 0 Å². The van der Waals surface area contributed by atoms with Crippen LogP contribution in [0.1, 0.15) is 19.4 Å². The zero-order valence-electron chi connectivity index (χ0n) is 27.4. The first-order valence-electron chi connectivity index (χ1n) is 14.8. The zero-order valence-corrected chi connectivity index (χ0v) is 35.3. The summed E-state index contributed by atoms with van der Waals surface area (Å²) in [4.78, 5) is 0. The number of hydrogen-bond acceptors (Lipinski definition) is 10. The van der Waals surface area contributed by atoms with Crippen molar-refractivity contribution in [3.05, 3.63) is 115 Å². The van der Waals surface area contributed by atoms with E-state index in [0.29, 0.717) is 5.56 Å². The maximum absolute atomic E-state index is 12.5. The van der Waals surface area contributed by atoms with Crippen LogP contribution in [-0.2, 0) is 45.8 Å². The highest BCUT2D eigenvalue weighted by molar-refractivity contribution is 7.95. The van der Waals surface area contributed by atoms with Crippen molar-refractivity contribution >= 4 is 132 Å². The largest absolute Gasteiger partial charge is 0.281 e. The number of rotatable bonds is 14. The molecule has 0 fully saturated rings. The van der Waals surface area contributed by atoms with E-state index < -0.39 is 40.1 Å². The van der Waals surface area contributed by atoms with E-state index in [1.54, 1.807) is 67.1 Å². The number of halogens is 4. The Morgan fingerprint density at radius 3 is 1.26 bits per heavy atom. The quantitative estimate of drug-likeness (QED) is 0.0850. The van der Waals surface area contributed by atoms with Crippen LogP contribution in [0.15, 0.2) is 98.0 Å². The first-order chi connectivity index (χ1) is 24.7. The lowest BCUT2D eigenvalue weighted by Crippen LogP contribution is -2.21. The van der Waals surface area contributed by atoms with Gasteiger partial charge in [-0.25, -0.2) is 33.7 Å². The molecule has 0 bridgehead atoms. The van der Waals surface area contributed by atoms with Crippen LogP contribution >= 0.6 is 69.1 Å². The molecule has 286 valence electrons. The van der Waals surface area contributed by atoms with Gasteiger partial charge in [0.1, 0.15) is 8.42 Å². The molecule has 5 rings (SSSR count). The third kappa shape index (κ3) is 12.6. The van der Waals surface area contributed by atoms with Crippen LogP contribution in [0.25, 0.3) is 0 Å². The van der Waals surface area contributed by atoms with Gasteiger partial charge in [-0.1, -0.05) is 103 Å². The van der Waals surface area contributed by atoms with Crippen LogP contribution in [0.5, 0.6) is 0 Å². The summed E-state index contributed by atoms with van der Waals surface area (Å²) in [5, 5.41) is 3.60. The molecule has 0 unspecified atom stereocenters. The van der Waals surface area contributed by atoms with E-state index in [2.05, 4.69) is 18.9 Å². The standard InChI is InChI=1S/C17H14Cl2N2O4S3.C14H16Cl2N2O4S3/c18-13-9-15(20-27(22,23)11-12-5-2-1-3-6-12)16(10-14(13)19)21-28(24,25)17-7-4-8-26-17;1-9(2)8-24(19,20)17-12-6-10(15)11(16)7-13(12)18-25(21,22)14-4-3-5-23-14/h1-10,20-21H,11H2;3-7,9,17-18H,8H2,1-2H3. The van der Waals surface area contributed by atoms with Gasteiger partial charge in [0.2, 0.25) is 20.0 Å². The van der Waals surface area contributed by atoms with E-state index in [-0.39, 0.29) is 68.7 Å². The van der Waals surface area contributed by atoms with Gasteiger partial charge in [0.25, 0.3) is 20.0 Å². The second-order valence-corrected chi connectivity index (χ2v) is 22.2. The van der Waals surface area contributed by atoms with Crippen LogP contribution < -0.4 is 18.9 Å².